The van der Waals surface area contributed by atoms with E-state index in [0.717, 1.165) is 18.5 Å². The van der Waals surface area contributed by atoms with E-state index in [1.807, 2.05) is 41.1 Å². The molecule has 0 aliphatic carbocycles. The van der Waals surface area contributed by atoms with Gasteiger partial charge < -0.3 is 24.5 Å². The van der Waals surface area contributed by atoms with Crippen LogP contribution in [0.4, 0.5) is 0 Å². The molecule has 120 valence electrons. The highest BCUT2D eigenvalue weighted by Gasteiger charge is 2.22. The molecule has 3 N–H and O–H groups in total. The minimum atomic E-state index is -0.260. The van der Waals surface area contributed by atoms with Crippen LogP contribution in [0.15, 0.2) is 49.1 Å². The fourth-order valence-corrected chi connectivity index (χ4v) is 2.78. The number of aromatic nitrogens is 3. The molecule has 0 aliphatic rings. The summed E-state index contributed by atoms with van der Waals surface area (Å²) >= 11 is 0. The summed E-state index contributed by atoms with van der Waals surface area (Å²) in [5.41, 5.74) is 1.75. The van der Waals surface area contributed by atoms with Gasteiger partial charge in [0, 0.05) is 25.5 Å². The van der Waals surface area contributed by atoms with Crippen LogP contribution in [0.1, 0.15) is 12.1 Å². The van der Waals surface area contributed by atoms with Crippen molar-refractivity contribution in [3.8, 4) is 22.8 Å². The molecule has 6 heteroatoms. The predicted molar refractivity (Wildman–Crippen MR) is 86.0 cm³/mol. The van der Waals surface area contributed by atoms with E-state index in [4.69, 9.17) is 0 Å². The zero-order chi connectivity index (χ0) is 16.2. The van der Waals surface area contributed by atoms with Crippen molar-refractivity contribution in [3.63, 3.8) is 0 Å². The maximum Gasteiger partial charge on any atom is 0.235 e. The first kappa shape index (κ1) is 15.2. The third kappa shape index (κ3) is 2.93. The van der Waals surface area contributed by atoms with Gasteiger partial charge in [0.05, 0.1) is 24.2 Å². The number of aromatic hydroxyl groups is 2. The SMILES string of the molecule is OCc1c(-c2ccccc2)c(O)c(O)n1CCCn1ccnc1. The van der Waals surface area contributed by atoms with E-state index >= 15 is 0 Å². The fourth-order valence-electron chi connectivity index (χ4n) is 2.78. The number of hydrogen-bond donors (Lipinski definition) is 3. The van der Waals surface area contributed by atoms with Crippen molar-refractivity contribution in [3.05, 3.63) is 54.7 Å². The number of aliphatic hydroxyl groups is 1. The number of aliphatic hydroxyl groups excluding tert-OH is 1. The summed E-state index contributed by atoms with van der Waals surface area (Å²) in [7, 11) is 0. The van der Waals surface area contributed by atoms with Crippen molar-refractivity contribution < 1.29 is 15.3 Å². The van der Waals surface area contributed by atoms with Crippen LogP contribution in [0.25, 0.3) is 11.1 Å². The lowest BCUT2D eigenvalue weighted by molar-refractivity contribution is 0.266. The van der Waals surface area contributed by atoms with Gasteiger partial charge in [-0.15, -0.1) is 0 Å². The Bertz CT molecular complexity index is 764. The van der Waals surface area contributed by atoms with Crippen LogP contribution in [-0.4, -0.2) is 29.4 Å². The molecule has 0 bridgehead atoms. The Labute approximate surface area is 133 Å². The molecule has 0 fully saturated rings. The van der Waals surface area contributed by atoms with Crippen LogP contribution in [0.3, 0.4) is 0 Å². The molecule has 6 nitrogen and oxygen atoms in total. The molecule has 0 spiro atoms. The molecule has 2 aromatic heterocycles. The Morgan fingerprint density at radius 2 is 1.83 bits per heavy atom. The molecule has 0 saturated carbocycles. The van der Waals surface area contributed by atoms with Crippen LogP contribution in [0, 0.1) is 0 Å². The normalized spacial score (nSPS) is 11.0. The first-order chi connectivity index (χ1) is 11.2. The molecular weight excluding hydrogens is 294 g/mol. The van der Waals surface area contributed by atoms with Gasteiger partial charge >= 0.3 is 0 Å². The van der Waals surface area contributed by atoms with Crippen LogP contribution in [-0.2, 0) is 19.7 Å². The zero-order valence-electron chi connectivity index (χ0n) is 12.6. The molecule has 3 aromatic rings. The molecule has 0 amide bonds. The summed E-state index contributed by atoms with van der Waals surface area (Å²) in [5, 5.41) is 30.2. The molecule has 2 heterocycles. The van der Waals surface area contributed by atoms with Gasteiger partial charge in [-0.3, -0.25) is 0 Å². The molecule has 0 atom stereocenters. The van der Waals surface area contributed by atoms with Crippen LogP contribution in [0.2, 0.25) is 0 Å². The zero-order valence-corrected chi connectivity index (χ0v) is 12.6. The van der Waals surface area contributed by atoms with E-state index in [9.17, 15) is 15.3 Å². The number of benzene rings is 1. The van der Waals surface area contributed by atoms with Crippen molar-refractivity contribution in [1.82, 2.24) is 14.1 Å². The minimum Gasteiger partial charge on any atom is -0.503 e. The van der Waals surface area contributed by atoms with Gasteiger partial charge in [-0.2, -0.15) is 0 Å². The van der Waals surface area contributed by atoms with Gasteiger partial charge in [-0.1, -0.05) is 30.3 Å². The molecule has 23 heavy (non-hydrogen) atoms. The average Bonchev–Trinajstić information content (AvgIpc) is 3.17. The number of imidazole rings is 1. The van der Waals surface area contributed by atoms with Crippen molar-refractivity contribution in [2.45, 2.75) is 26.1 Å². The van der Waals surface area contributed by atoms with E-state index in [-0.39, 0.29) is 18.2 Å². The second-order valence-corrected chi connectivity index (χ2v) is 5.32. The van der Waals surface area contributed by atoms with Crippen molar-refractivity contribution in [2.24, 2.45) is 0 Å². The standard InChI is InChI=1S/C17H19N3O3/c21-11-14-15(13-5-2-1-3-6-13)16(22)17(23)20(14)9-4-8-19-10-7-18-12-19/h1-3,5-7,10,12,21-23H,4,8-9,11H2. The Morgan fingerprint density at radius 3 is 2.48 bits per heavy atom. The number of rotatable bonds is 6. The predicted octanol–water partition coefficient (Wildman–Crippen LogP) is 2.35. The molecule has 0 unspecified atom stereocenters. The number of aryl methyl sites for hydroxylation is 1. The lowest BCUT2D eigenvalue weighted by Gasteiger charge is -2.10. The van der Waals surface area contributed by atoms with E-state index < -0.39 is 0 Å². The largest absolute Gasteiger partial charge is 0.503 e. The molecular formula is C17H19N3O3. The van der Waals surface area contributed by atoms with E-state index in [1.165, 1.54) is 0 Å². The van der Waals surface area contributed by atoms with Gasteiger partial charge in [0.15, 0.2) is 5.75 Å². The Kier molecular flexibility index (Phi) is 4.34. The lowest BCUT2D eigenvalue weighted by atomic mass is 10.1. The second kappa shape index (κ2) is 6.58. The highest BCUT2D eigenvalue weighted by Crippen LogP contribution is 2.42. The first-order valence-corrected chi connectivity index (χ1v) is 7.47. The van der Waals surface area contributed by atoms with Crippen molar-refractivity contribution in [2.75, 3.05) is 0 Å². The fraction of sp³-hybridized carbons (Fsp3) is 0.235. The maximum absolute atomic E-state index is 10.3. The topological polar surface area (TPSA) is 83.4 Å². The number of hydrogen-bond acceptors (Lipinski definition) is 4. The second-order valence-electron chi connectivity index (χ2n) is 5.32. The quantitative estimate of drug-likeness (QED) is 0.652. The van der Waals surface area contributed by atoms with Crippen molar-refractivity contribution >= 4 is 0 Å². The lowest BCUT2D eigenvalue weighted by Crippen LogP contribution is -2.06. The first-order valence-electron chi connectivity index (χ1n) is 7.47. The minimum absolute atomic E-state index is 0.192. The molecule has 0 saturated heterocycles. The Balaban J connectivity index is 1.88. The summed E-state index contributed by atoms with van der Waals surface area (Å²) in [5.74, 6) is -0.401. The van der Waals surface area contributed by atoms with E-state index in [1.54, 1.807) is 17.1 Å². The smallest absolute Gasteiger partial charge is 0.235 e. The van der Waals surface area contributed by atoms with E-state index in [2.05, 4.69) is 4.98 Å². The third-order valence-corrected chi connectivity index (χ3v) is 3.89. The van der Waals surface area contributed by atoms with E-state index in [0.29, 0.717) is 17.8 Å². The summed E-state index contributed by atoms with van der Waals surface area (Å²) < 4.78 is 3.51. The van der Waals surface area contributed by atoms with Gasteiger partial charge in [0.2, 0.25) is 5.88 Å². The third-order valence-electron chi connectivity index (χ3n) is 3.89. The molecule has 1 aromatic carbocycles. The van der Waals surface area contributed by atoms with Crippen LogP contribution in [0.5, 0.6) is 11.6 Å². The highest BCUT2D eigenvalue weighted by atomic mass is 16.3. The van der Waals surface area contributed by atoms with Crippen LogP contribution >= 0.6 is 0 Å². The van der Waals surface area contributed by atoms with Gasteiger partial charge in [0.25, 0.3) is 0 Å². The monoisotopic (exact) mass is 313 g/mol. The molecule has 3 rings (SSSR count). The van der Waals surface area contributed by atoms with Crippen LogP contribution < -0.4 is 0 Å². The van der Waals surface area contributed by atoms with Crippen molar-refractivity contribution in [1.29, 1.82) is 0 Å². The average molecular weight is 313 g/mol. The summed E-state index contributed by atoms with van der Waals surface area (Å²) in [6.07, 6.45) is 6.05. The van der Waals surface area contributed by atoms with Gasteiger partial charge in [-0.25, -0.2) is 4.98 Å². The molecule has 0 aliphatic heterocycles. The Hall–Kier alpha value is -2.73. The number of nitrogens with zero attached hydrogens (tertiary/aromatic N) is 3. The highest BCUT2D eigenvalue weighted by molar-refractivity contribution is 5.76. The summed E-state index contributed by atoms with van der Waals surface area (Å²) in [4.78, 5) is 3.98. The van der Waals surface area contributed by atoms with Gasteiger partial charge in [-0.05, 0) is 12.0 Å². The molecule has 0 radical (unpaired) electrons. The van der Waals surface area contributed by atoms with Gasteiger partial charge in [0.1, 0.15) is 0 Å². The maximum atomic E-state index is 10.3. The Morgan fingerprint density at radius 1 is 1.04 bits per heavy atom. The summed E-state index contributed by atoms with van der Waals surface area (Å²) in [6.45, 7) is 0.966. The summed E-state index contributed by atoms with van der Waals surface area (Å²) in [6, 6.07) is 9.25.